The number of ether oxygens (including phenoxy) is 1. The highest BCUT2D eigenvalue weighted by molar-refractivity contribution is 7.99. The van der Waals surface area contributed by atoms with Crippen molar-refractivity contribution in [1.29, 1.82) is 0 Å². The summed E-state index contributed by atoms with van der Waals surface area (Å²) in [6.07, 6.45) is 0. The first-order valence-corrected chi connectivity index (χ1v) is 12.5. The maximum atomic E-state index is 12.7. The molecule has 174 valence electrons. The molecule has 7 nitrogen and oxygen atoms in total. The van der Waals surface area contributed by atoms with Crippen LogP contribution in [-0.2, 0) is 16.6 Å². The summed E-state index contributed by atoms with van der Waals surface area (Å²) in [7, 11) is 3.16. The zero-order valence-corrected chi connectivity index (χ0v) is 21.1. The van der Waals surface area contributed by atoms with Gasteiger partial charge in [-0.05, 0) is 24.6 Å². The van der Waals surface area contributed by atoms with Gasteiger partial charge in [-0.2, -0.15) is 0 Å². The molecule has 1 amide bonds. The van der Waals surface area contributed by atoms with Crippen LogP contribution in [0.1, 0.15) is 15.9 Å². The molecule has 34 heavy (non-hydrogen) atoms. The van der Waals surface area contributed by atoms with Crippen LogP contribution in [-0.4, -0.2) is 39.5 Å². The molecule has 0 spiro atoms. The highest BCUT2D eigenvalue weighted by Crippen LogP contribution is 2.36. The van der Waals surface area contributed by atoms with Crippen molar-refractivity contribution in [2.24, 2.45) is 7.05 Å². The average molecular weight is 513 g/mol. The summed E-state index contributed by atoms with van der Waals surface area (Å²) in [5, 5.41) is 14.8. The smallest absolute Gasteiger partial charge is 0.341 e. The van der Waals surface area contributed by atoms with E-state index in [-0.39, 0.29) is 11.7 Å². The second kappa shape index (κ2) is 10.4. The number of aryl methyl sites for hydroxylation is 1. The minimum Gasteiger partial charge on any atom is -0.465 e. The van der Waals surface area contributed by atoms with E-state index in [4.69, 9.17) is 16.3 Å². The maximum absolute atomic E-state index is 12.7. The number of esters is 1. The predicted molar refractivity (Wildman–Crippen MR) is 137 cm³/mol. The van der Waals surface area contributed by atoms with Crippen LogP contribution in [0.4, 0.5) is 5.00 Å². The first-order valence-electron chi connectivity index (χ1n) is 10.2. The van der Waals surface area contributed by atoms with Gasteiger partial charge in [-0.25, -0.2) is 4.79 Å². The third-order valence-corrected chi connectivity index (χ3v) is 7.20. The van der Waals surface area contributed by atoms with Crippen LogP contribution in [0.5, 0.6) is 0 Å². The quantitative estimate of drug-likeness (QED) is 0.253. The first kappa shape index (κ1) is 24.0. The third-order valence-electron chi connectivity index (χ3n) is 5.05. The van der Waals surface area contributed by atoms with E-state index in [2.05, 4.69) is 15.5 Å². The molecule has 0 aliphatic heterocycles. The average Bonchev–Trinajstić information content (AvgIpc) is 3.41. The molecule has 2 heterocycles. The summed E-state index contributed by atoms with van der Waals surface area (Å²) in [5.74, 6) is -0.0155. The molecule has 4 rings (SSSR count). The molecule has 0 saturated heterocycles. The number of halogens is 1. The number of carbonyl (C=O) groups excluding carboxylic acids is 2. The van der Waals surface area contributed by atoms with Crippen molar-refractivity contribution < 1.29 is 14.3 Å². The van der Waals surface area contributed by atoms with Crippen molar-refractivity contribution in [3.8, 4) is 22.5 Å². The number of amides is 1. The fourth-order valence-electron chi connectivity index (χ4n) is 3.31. The van der Waals surface area contributed by atoms with Gasteiger partial charge in [0.2, 0.25) is 5.91 Å². The van der Waals surface area contributed by atoms with E-state index in [1.54, 1.807) is 6.07 Å². The van der Waals surface area contributed by atoms with Crippen molar-refractivity contribution >= 4 is 51.6 Å². The van der Waals surface area contributed by atoms with E-state index in [9.17, 15) is 9.59 Å². The summed E-state index contributed by atoms with van der Waals surface area (Å²) in [6.45, 7) is 2.00. The Morgan fingerprint density at radius 1 is 1.15 bits per heavy atom. The monoisotopic (exact) mass is 512 g/mol. The zero-order chi connectivity index (χ0) is 24.2. The Hall–Kier alpha value is -3.14. The molecule has 0 saturated carbocycles. The molecule has 0 atom stereocenters. The Balaban J connectivity index is 1.49. The Labute approximate surface area is 210 Å². The minimum absolute atomic E-state index is 0.0971. The largest absolute Gasteiger partial charge is 0.465 e. The van der Waals surface area contributed by atoms with E-state index < -0.39 is 5.97 Å². The molecule has 0 aliphatic carbocycles. The lowest BCUT2D eigenvalue weighted by Crippen LogP contribution is -2.16. The first-order chi connectivity index (χ1) is 16.4. The van der Waals surface area contributed by atoms with Gasteiger partial charge in [0, 0.05) is 28.6 Å². The molecule has 2 aromatic carbocycles. The number of thiophene rings is 1. The van der Waals surface area contributed by atoms with E-state index >= 15 is 0 Å². The molecule has 4 aromatic rings. The number of thioether (sulfide) groups is 1. The Morgan fingerprint density at radius 2 is 1.91 bits per heavy atom. The standard InChI is InChI=1S/C24H21ClN4O3S2/c1-14-7-9-15(10-8-14)18-12-33-22(20(18)23(31)32-3)26-19(30)13-34-24-28-27-21(29(24)2)16-5-4-6-17(25)11-16/h4-12H,13H2,1-3H3,(H,26,30). The maximum Gasteiger partial charge on any atom is 0.341 e. The number of aromatic nitrogens is 3. The SMILES string of the molecule is COC(=O)c1c(-c2ccc(C)cc2)csc1NC(=O)CSc1nnc(-c2cccc(Cl)c2)n1C. The normalized spacial score (nSPS) is 10.8. The molecule has 0 bridgehead atoms. The molecule has 0 fully saturated rings. The topological polar surface area (TPSA) is 86.1 Å². The summed E-state index contributed by atoms with van der Waals surface area (Å²) in [4.78, 5) is 25.2. The number of hydrogen-bond donors (Lipinski definition) is 1. The summed E-state index contributed by atoms with van der Waals surface area (Å²) >= 11 is 8.62. The second-order valence-corrected chi connectivity index (χ2v) is 9.68. The molecular formula is C24H21ClN4O3S2. The number of hydrogen-bond acceptors (Lipinski definition) is 7. The van der Waals surface area contributed by atoms with Gasteiger partial charge in [0.15, 0.2) is 11.0 Å². The molecule has 0 radical (unpaired) electrons. The van der Waals surface area contributed by atoms with E-state index in [1.807, 2.05) is 66.4 Å². The molecule has 2 aromatic heterocycles. The van der Waals surface area contributed by atoms with Crippen molar-refractivity contribution in [1.82, 2.24) is 14.8 Å². The molecule has 0 aliphatic rings. The lowest BCUT2D eigenvalue weighted by atomic mass is 10.0. The van der Waals surface area contributed by atoms with Crippen LogP contribution >= 0.6 is 34.7 Å². The summed E-state index contributed by atoms with van der Waals surface area (Å²) in [6, 6.07) is 15.2. The minimum atomic E-state index is -0.501. The van der Waals surface area contributed by atoms with E-state index in [0.29, 0.717) is 26.6 Å². The van der Waals surface area contributed by atoms with Crippen LogP contribution in [0.2, 0.25) is 5.02 Å². The Morgan fingerprint density at radius 3 is 2.62 bits per heavy atom. The van der Waals surface area contributed by atoms with Gasteiger partial charge < -0.3 is 14.6 Å². The highest BCUT2D eigenvalue weighted by Gasteiger charge is 2.23. The van der Waals surface area contributed by atoms with Crippen LogP contribution in [0.3, 0.4) is 0 Å². The van der Waals surface area contributed by atoms with Gasteiger partial charge in [0.05, 0.1) is 12.9 Å². The Bertz CT molecular complexity index is 1350. The number of nitrogens with zero attached hydrogens (tertiary/aromatic N) is 3. The van der Waals surface area contributed by atoms with Crippen LogP contribution in [0.15, 0.2) is 59.1 Å². The fourth-order valence-corrected chi connectivity index (χ4v) is 5.19. The number of anilines is 1. The predicted octanol–water partition coefficient (Wildman–Crippen LogP) is 5.69. The molecule has 1 N–H and O–H groups in total. The van der Waals surface area contributed by atoms with Crippen LogP contribution in [0, 0.1) is 6.92 Å². The number of nitrogens with one attached hydrogen (secondary N) is 1. The number of carbonyl (C=O) groups is 2. The van der Waals surface area contributed by atoms with Crippen LogP contribution in [0.25, 0.3) is 22.5 Å². The summed E-state index contributed by atoms with van der Waals surface area (Å²) in [5.41, 5.74) is 3.90. The van der Waals surface area contributed by atoms with E-state index in [1.165, 1.54) is 30.2 Å². The number of methoxy groups -OCH3 is 1. The Kier molecular flexibility index (Phi) is 7.35. The molecule has 10 heteroatoms. The van der Waals surface area contributed by atoms with Crippen molar-refractivity contribution in [3.63, 3.8) is 0 Å². The van der Waals surface area contributed by atoms with Crippen molar-refractivity contribution in [3.05, 3.63) is 70.1 Å². The van der Waals surface area contributed by atoms with Gasteiger partial charge in [-0.15, -0.1) is 21.5 Å². The summed E-state index contributed by atoms with van der Waals surface area (Å²) < 4.78 is 6.79. The number of rotatable bonds is 7. The van der Waals surface area contributed by atoms with Gasteiger partial charge >= 0.3 is 5.97 Å². The van der Waals surface area contributed by atoms with Gasteiger partial charge in [-0.3, -0.25) is 4.79 Å². The van der Waals surface area contributed by atoms with E-state index in [0.717, 1.165) is 22.3 Å². The molecule has 0 unspecified atom stereocenters. The van der Waals surface area contributed by atoms with Crippen LogP contribution < -0.4 is 5.32 Å². The van der Waals surface area contributed by atoms with Crippen molar-refractivity contribution in [2.75, 3.05) is 18.2 Å². The van der Waals surface area contributed by atoms with Gasteiger partial charge in [-0.1, -0.05) is 65.3 Å². The lowest BCUT2D eigenvalue weighted by Gasteiger charge is -2.08. The third kappa shape index (κ3) is 5.16. The lowest BCUT2D eigenvalue weighted by molar-refractivity contribution is -0.113. The second-order valence-electron chi connectivity index (χ2n) is 7.42. The number of benzene rings is 2. The van der Waals surface area contributed by atoms with Gasteiger partial charge in [0.1, 0.15) is 10.6 Å². The van der Waals surface area contributed by atoms with Crippen molar-refractivity contribution in [2.45, 2.75) is 12.1 Å². The van der Waals surface area contributed by atoms with Gasteiger partial charge in [0.25, 0.3) is 0 Å². The fraction of sp³-hybridized carbons (Fsp3) is 0.167. The molecular weight excluding hydrogens is 492 g/mol. The zero-order valence-electron chi connectivity index (χ0n) is 18.7. The highest BCUT2D eigenvalue weighted by atomic mass is 35.5.